The van der Waals surface area contributed by atoms with Crippen LogP contribution in [0.1, 0.15) is 13.3 Å². The average Bonchev–Trinajstić information content (AvgIpc) is 2.37. The van der Waals surface area contributed by atoms with Crippen LogP contribution in [0.3, 0.4) is 0 Å². The lowest BCUT2D eigenvalue weighted by atomic mass is 10.3. The summed E-state index contributed by atoms with van der Waals surface area (Å²) in [6.07, 6.45) is 0.865. The lowest BCUT2D eigenvalue weighted by Crippen LogP contribution is -2.23. The fourth-order valence-corrected chi connectivity index (χ4v) is 2.74. The Morgan fingerprint density at radius 1 is 1.67 bits per heavy atom. The molecule has 1 fully saturated rings. The van der Waals surface area contributed by atoms with Crippen molar-refractivity contribution in [2.45, 2.75) is 29.9 Å². The van der Waals surface area contributed by atoms with Crippen molar-refractivity contribution in [1.82, 2.24) is 5.32 Å². The van der Waals surface area contributed by atoms with Crippen molar-refractivity contribution in [1.29, 1.82) is 0 Å². The van der Waals surface area contributed by atoms with E-state index < -0.39 is 0 Å². The molecule has 3 nitrogen and oxygen atoms in total. The number of aliphatic hydroxyl groups excluding tert-OH is 1. The molecule has 1 aliphatic rings. The molecular formula is C8H18N2OS. The first-order valence-corrected chi connectivity index (χ1v) is 5.42. The highest BCUT2D eigenvalue weighted by Gasteiger charge is 2.26. The van der Waals surface area contributed by atoms with Crippen LogP contribution in [0.5, 0.6) is 0 Å². The molecule has 4 N–H and O–H groups in total. The summed E-state index contributed by atoms with van der Waals surface area (Å²) in [7, 11) is 0. The Balaban J connectivity index is 2.20. The van der Waals surface area contributed by atoms with Crippen molar-refractivity contribution in [3.63, 3.8) is 0 Å². The summed E-state index contributed by atoms with van der Waals surface area (Å²) in [6.45, 7) is 4.58. The van der Waals surface area contributed by atoms with Crippen LogP contribution < -0.4 is 11.1 Å². The van der Waals surface area contributed by atoms with Gasteiger partial charge in [-0.25, -0.2) is 0 Å². The van der Waals surface area contributed by atoms with Crippen LogP contribution in [-0.2, 0) is 0 Å². The summed E-state index contributed by atoms with van der Waals surface area (Å²) in [5, 5.41) is 13.6. The molecule has 0 radical (unpaired) electrons. The summed E-state index contributed by atoms with van der Waals surface area (Å²) in [5.41, 5.74) is 5.45. The van der Waals surface area contributed by atoms with Crippen LogP contribution >= 0.6 is 11.8 Å². The van der Waals surface area contributed by atoms with E-state index in [0.717, 1.165) is 26.1 Å². The van der Waals surface area contributed by atoms with Crippen molar-refractivity contribution in [2.75, 3.05) is 19.6 Å². The second kappa shape index (κ2) is 5.07. The van der Waals surface area contributed by atoms with E-state index in [1.54, 1.807) is 0 Å². The second-order valence-corrected chi connectivity index (χ2v) is 4.97. The van der Waals surface area contributed by atoms with Gasteiger partial charge in [0.15, 0.2) is 0 Å². The van der Waals surface area contributed by atoms with Gasteiger partial charge in [0.2, 0.25) is 0 Å². The minimum atomic E-state index is -0.171. The molecule has 12 heavy (non-hydrogen) atoms. The Morgan fingerprint density at radius 2 is 2.42 bits per heavy atom. The molecule has 0 saturated carbocycles. The lowest BCUT2D eigenvalue weighted by Gasteiger charge is -2.17. The SMILES string of the molecule is CC(CCN)SC1CNCC1O. The van der Waals surface area contributed by atoms with Crippen molar-refractivity contribution in [3.8, 4) is 0 Å². The molecule has 0 aromatic carbocycles. The molecule has 3 unspecified atom stereocenters. The molecule has 0 aromatic heterocycles. The van der Waals surface area contributed by atoms with Gasteiger partial charge < -0.3 is 16.2 Å². The van der Waals surface area contributed by atoms with Crippen molar-refractivity contribution >= 4 is 11.8 Å². The molecule has 0 aromatic rings. The van der Waals surface area contributed by atoms with E-state index in [1.807, 2.05) is 11.8 Å². The molecule has 0 bridgehead atoms. The van der Waals surface area contributed by atoms with Crippen LogP contribution in [0, 0.1) is 0 Å². The van der Waals surface area contributed by atoms with Crippen molar-refractivity contribution in [3.05, 3.63) is 0 Å². The molecular weight excluding hydrogens is 172 g/mol. The van der Waals surface area contributed by atoms with E-state index in [4.69, 9.17) is 5.73 Å². The smallest absolute Gasteiger partial charge is 0.0795 e. The molecule has 1 saturated heterocycles. The molecule has 0 amide bonds. The Morgan fingerprint density at radius 3 is 2.92 bits per heavy atom. The number of nitrogens with two attached hydrogens (primary N) is 1. The largest absolute Gasteiger partial charge is 0.391 e. The van der Waals surface area contributed by atoms with Gasteiger partial charge in [0.25, 0.3) is 0 Å². The van der Waals surface area contributed by atoms with E-state index in [-0.39, 0.29) is 6.10 Å². The first-order valence-electron chi connectivity index (χ1n) is 4.48. The van der Waals surface area contributed by atoms with Gasteiger partial charge in [-0.1, -0.05) is 6.92 Å². The first kappa shape index (κ1) is 10.3. The van der Waals surface area contributed by atoms with E-state index in [0.29, 0.717) is 10.5 Å². The second-order valence-electron chi connectivity index (χ2n) is 3.29. The van der Waals surface area contributed by atoms with Crippen molar-refractivity contribution < 1.29 is 5.11 Å². The Labute approximate surface area is 78.1 Å². The highest BCUT2D eigenvalue weighted by molar-refractivity contribution is 8.00. The van der Waals surface area contributed by atoms with Crippen LogP contribution in [0.25, 0.3) is 0 Å². The number of thioether (sulfide) groups is 1. The quantitative estimate of drug-likeness (QED) is 0.574. The van der Waals surface area contributed by atoms with E-state index in [2.05, 4.69) is 12.2 Å². The van der Waals surface area contributed by atoms with Gasteiger partial charge in [0.1, 0.15) is 0 Å². The third-order valence-corrected chi connectivity index (χ3v) is 3.64. The molecule has 4 heteroatoms. The van der Waals surface area contributed by atoms with E-state index >= 15 is 0 Å². The maximum atomic E-state index is 9.49. The minimum absolute atomic E-state index is 0.171. The Bertz CT molecular complexity index is 134. The number of β-amino-alcohol motifs (C(OH)–C–C–N with tert-alkyl or cyclic N) is 1. The number of hydrogen-bond donors (Lipinski definition) is 3. The molecule has 1 aliphatic heterocycles. The predicted octanol–water partition coefficient (Wildman–Crippen LogP) is -0.210. The zero-order valence-electron chi connectivity index (χ0n) is 7.49. The summed E-state index contributed by atoms with van der Waals surface area (Å²) < 4.78 is 0. The van der Waals surface area contributed by atoms with Gasteiger partial charge in [-0.3, -0.25) is 0 Å². The molecule has 0 spiro atoms. The zero-order chi connectivity index (χ0) is 8.97. The van der Waals surface area contributed by atoms with Crippen LogP contribution in [-0.4, -0.2) is 41.3 Å². The van der Waals surface area contributed by atoms with Crippen LogP contribution in [0.4, 0.5) is 0 Å². The molecule has 0 aliphatic carbocycles. The third-order valence-electron chi connectivity index (χ3n) is 2.11. The standard InChI is InChI=1S/C8H18N2OS/c1-6(2-3-9)12-8-5-10-4-7(8)11/h6-8,10-11H,2-5,9H2,1H3. The Hall–Kier alpha value is 0.230. The summed E-state index contributed by atoms with van der Waals surface area (Å²) in [6, 6.07) is 0. The topological polar surface area (TPSA) is 58.3 Å². The summed E-state index contributed by atoms with van der Waals surface area (Å²) in [4.78, 5) is 0. The molecule has 72 valence electrons. The number of nitrogens with one attached hydrogen (secondary N) is 1. The fourth-order valence-electron chi connectivity index (χ4n) is 1.38. The predicted molar refractivity (Wildman–Crippen MR) is 53.4 cm³/mol. The van der Waals surface area contributed by atoms with Gasteiger partial charge in [-0.2, -0.15) is 11.8 Å². The van der Waals surface area contributed by atoms with Gasteiger partial charge in [-0.05, 0) is 13.0 Å². The van der Waals surface area contributed by atoms with Crippen LogP contribution in [0.2, 0.25) is 0 Å². The zero-order valence-corrected chi connectivity index (χ0v) is 8.31. The normalized spacial score (nSPS) is 32.2. The summed E-state index contributed by atoms with van der Waals surface area (Å²) >= 11 is 1.85. The maximum absolute atomic E-state index is 9.49. The Kier molecular flexibility index (Phi) is 4.35. The minimum Gasteiger partial charge on any atom is -0.391 e. The number of rotatable bonds is 4. The first-order chi connectivity index (χ1) is 5.74. The number of hydrogen-bond acceptors (Lipinski definition) is 4. The van der Waals surface area contributed by atoms with Crippen molar-refractivity contribution in [2.24, 2.45) is 5.73 Å². The maximum Gasteiger partial charge on any atom is 0.0795 e. The monoisotopic (exact) mass is 190 g/mol. The van der Waals surface area contributed by atoms with E-state index in [9.17, 15) is 5.11 Å². The van der Waals surface area contributed by atoms with E-state index in [1.165, 1.54) is 0 Å². The number of aliphatic hydroxyl groups is 1. The van der Waals surface area contributed by atoms with Gasteiger partial charge >= 0.3 is 0 Å². The molecule has 3 atom stereocenters. The molecule has 1 heterocycles. The fraction of sp³-hybridized carbons (Fsp3) is 1.00. The van der Waals surface area contributed by atoms with Gasteiger partial charge in [-0.15, -0.1) is 0 Å². The average molecular weight is 190 g/mol. The molecule has 1 rings (SSSR count). The van der Waals surface area contributed by atoms with Gasteiger partial charge in [0.05, 0.1) is 6.10 Å². The highest BCUT2D eigenvalue weighted by Crippen LogP contribution is 2.24. The highest BCUT2D eigenvalue weighted by atomic mass is 32.2. The van der Waals surface area contributed by atoms with Gasteiger partial charge in [0, 0.05) is 23.6 Å². The van der Waals surface area contributed by atoms with Crippen LogP contribution in [0.15, 0.2) is 0 Å². The lowest BCUT2D eigenvalue weighted by molar-refractivity contribution is 0.201. The third kappa shape index (κ3) is 2.94. The summed E-state index contributed by atoms with van der Waals surface area (Å²) in [5.74, 6) is 0.